The van der Waals surface area contributed by atoms with Gasteiger partial charge in [-0.15, -0.1) is 0 Å². The average molecular weight is 369 g/mol. The van der Waals surface area contributed by atoms with Gasteiger partial charge in [-0.25, -0.2) is 0 Å². The van der Waals surface area contributed by atoms with E-state index in [9.17, 15) is 0 Å². The second-order valence-electron chi connectivity index (χ2n) is 4.72. The first-order valence-corrected chi connectivity index (χ1v) is 7.91. The maximum absolute atomic E-state index is 5.47. The van der Waals surface area contributed by atoms with Crippen molar-refractivity contribution in [3.8, 4) is 17.2 Å². The first kappa shape index (κ1) is 20.0. The number of halogens is 1. The van der Waals surface area contributed by atoms with Crippen LogP contribution >= 0.6 is 11.3 Å². The van der Waals surface area contributed by atoms with E-state index in [0.29, 0.717) is 23.8 Å². The smallest absolute Gasteiger partial charge is 0.289 e. The molecule has 1 aromatic heterocycles. The molecule has 1 heterocycles. The van der Waals surface area contributed by atoms with E-state index in [-0.39, 0.29) is 12.4 Å². The summed E-state index contributed by atoms with van der Waals surface area (Å²) in [5.41, 5.74) is 0.875. The van der Waals surface area contributed by atoms with Crippen molar-refractivity contribution in [2.45, 2.75) is 13.5 Å². The number of allylic oxidation sites excluding steroid dienone is 1. The van der Waals surface area contributed by atoms with Crippen molar-refractivity contribution in [3.63, 3.8) is 0 Å². The van der Waals surface area contributed by atoms with Crippen molar-refractivity contribution < 1.29 is 31.3 Å². The minimum Gasteiger partial charge on any atom is -1.00 e. The Labute approximate surface area is 152 Å². The normalized spacial score (nSPS) is 10.3. The number of aryl methyl sites for hydroxylation is 1. The fourth-order valence-electron chi connectivity index (χ4n) is 2.19. The topological polar surface area (TPSA) is 44.5 Å². The van der Waals surface area contributed by atoms with Gasteiger partial charge in [0.25, 0.3) is 5.01 Å². The highest BCUT2D eigenvalue weighted by atomic mass is 35.5. The molecule has 0 radical (unpaired) electrons. The second-order valence-corrected chi connectivity index (χ2v) is 5.93. The van der Waals surface area contributed by atoms with E-state index in [4.69, 9.17) is 14.2 Å². The number of methoxy groups -OCH3 is 3. The van der Waals surface area contributed by atoms with E-state index in [2.05, 4.69) is 11.7 Å². The molecule has 7 heteroatoms. The minimum atomic E-state index is 0. The van der Waals surface area contributed by atoms with Crippen LogP contribution in [0.3, 0.4) is 0 Å². The number of rotatable bonds is 7. The van der Waals surface area contributed by atoms with Crippen LogP contribution in [0.25, 0.3) is 12.2 Å². The molecule has 0 saturated heterocycles. The summed E-state index contributed by atoms with van der Waals surface area (Å²) >= 11 is 1.62. The lowest BCUT2D eigenvalue weighted by atomic mass is 10.1. The zero-order chi connectivity index (χ0) is 16.8. The lowest BCUT2D eigenvalue weighted by molar-refractivity contribution is -0.741. The molecule has 2 aromatic rings. The first-order chi connectivity index (χ1) is 11.1. The number of hydrogen-bond donors (Lipinski definition) is 0. The monoisotopic (exact) mass is 368 g/mol. The van der Waals surface area contributed by atoms with Gasteiger partial charge in [0.2, 0.25) is 0 Å². The third-order valence-electron chi connectivity index (χ3n) is 3.19. The van der Waals surface area contributed by atoms with Crippen molar-refractivity contribution in [2.75, 3.05) is 21.3 Å². The van der Waals surface area contributed by atoms with Crippen LogP contribution in [0.15, 0.2) is 24.8 Å². The van der Waals surface area contributed by atoms with E-state index in [1.165, 1.54) is 0 Å². The molecule has 0 aliphatic rings. The third-order valence-corrected chi connectivity index (χ3v) is 4.13. The highest BCUT2D eigenvalue weighted by molar-refractivity contribution is 7.11. The Morgan fingerprint density at radius 3 is 2.50 bits per heavy atom. The summed E-state index contributed by atoms with van der Waals surface area (Å²) in [6.07, 6.45) is 5.80. The quantitative estimate of drug-likeness (QED) is 0.514. The number of benzene rings is 1. The summed E-state index contributed by atoms with van der Waals surface area (Å²) in [4.78, 5) is 0. The van der Waals surface area contributed by atoms with Crippen molar-refractivity contribution in [3.05, 3.63) is 40.4 Å². The summed E-state index contributed by atoms with van der Waals surface area (Å²) in [6.45, 7) is 6.42. The van der Waals surface area contributed by atoms with Crippen molar-refractivity contribution in [1.29, 1.82) is 0 Å². The maximum atomic E-state index is 5.47. The molecule has 2 rings (SSSR count). The maximum Gasteiger partial charge on any atom is 0.289 e. The van der Waals surface area contributed by atoms with Crippen LogP contribution in [0.5, 0.6) is 17.2 Å². The van der Waals surface area contributed by atoms with E-state index < -0.39 is 0 Å². The lowest BCUT2D eigenvalue weighted by Crippen LogP contribution is -3.00. The molecule has 5 nitrogen and oxygen atoms in total. The molecule has 0 spiro atoms. The standard InChI is InChI=1S/C17H21N2O3S.ClH/c1-6-9-19-16(23-12(2)18-19)8-7-13-10-14(20-3)11-15(21-4)17(13)22-5;/h6-8,10-11H,1,9H2,2-5H3;1H/q+1;/p-1/b8-7+;. The van der Waals surface area contributed by atoms with Gasteiger partial charge in [0.1, 0.15) is 5.75 Å². The fourth-order valence-corrected chi connectivity index (χ4v) is 2.99. The Hall–Kier alpha value is -2.05. The van der Waals surface area contributed by atoms with Crippen LogP contribution in [0.1, 0.15) is 15.6 Å². The van der Waals surface area contributed by atoms with Gasteiger partial charge in [0.05, 0.1) is 21.3 Å². The van der Waals surface area contributed by atoms with Crippen molar-refractivity contribution in [1.82, 2.24) is 5.10 Å². The van der Waals surface area contributed by atoms with Crippen LogP contribution in [0.2, 0.25) is 0 Å². The van der Waals surface area contributed by atoms with Gasteiger partial charge in [-0.2, -0.15) is 0 Å². The van der Waals surface area contributed by atoms with Gasteiger partial charge < -0.3 is 26.6 Å². The Kier molecular flexibility index (Phi) is 7.74. The van der Waals surface area contributed by atoms with E-state index in [0.717, 1.165) is 15.6 Å². The Morgan fingerprint density at radius 1 is 1.17 bits per heavy atom. The predicted molar refractivity (Wildman–Crippen MR) is 92.3 cm³/mol. The van der Waals surface area contributed by atoms with Crippen LogP contribution in [-0.2, 0) is 6.54 Å². The van der Waals surface area contributed by atoms with E-state index >= 15 is 0 Å². The molecular weight excluding hydrogens is 348 g/mol. The van der Waals surface area contributed by atoms with Crippen LogP contribution in [0.4, 0.5) is 0 Å². The Balaban J connectivity index is 0.00000288. The van der Waals surface area contributed by atoms with E-state index in [1.54, 1.807) is 38.7 Å². The van der Waals surface area contributed by atoms with Gasteiger partial charge >= 0.3 is 0 Å². The molecule has 0 atom stereocenters. The van der Waals surface area contributed by atoms with Crippen LogP contribution < -0.4 is 31.3 Å². The molecule has 0 bridgehead atoms. The molecule has 0 unspecified atom stereocenters. The van der Waals surface area contributed by atoms with Gasteiger partial charge in [0.15, 0.2) is 23.1 Å². The molecule has 0 amide bonds. The highest BCUT2D eigenvalue weighted by Gasteiger charge is 2.15. The SMILES string of the molecule is C=CC[n+]1nc(C)sc1/C=C/c1cc(OC)cc(OC)c1OC.[Cl-]. The molecule has 0 aliphatic heterocycles. The van der Waals surface area contributed by atoms with Crippen molar-refractivity contribution >= 4 is 23.5 Å². The molecule has 24 heavy (non-hydrogen) atoms. The second kappa shape index (κ2) is 9.30. The number of nitrogens with zero attached hydrogens (tertiary/aromatic N) is 2. The lowest BCUT2D eigenvalue weighted by Gasteiger charge is -2.12. The van der Waals surface area contributed by atoms with Crippen LogP contribution in [0, 0.1) is 6.92 Å². The zero-order valence-corrected chi connectivity index (χ0v) is 15.8. The van der Waals surface area contributed by atoms with Gasteiger partial charge in [0, 0.05) is 22.8 Å². The zero-order valence-electron chi connectivity index (χ0n) is 14.2. The molecule has 0 fully saturated rings. The third kappa shape index (κ3) is 4.49. The summed E-state index contributed by atoms with van der Waals surface area (Å²) in [6, 6.07) is 3.70. The molecule has 1 aromatic carbocycles. The summed E-state index contributed by atoms with van der Waals surface area (Å²) in [7, 11) is 4.85. The molecule has 0 saturated carbocycles. The highest BCUT2D eigenvalue weighted by Crippen LogP contribution is 2.36. The fraction of sp³-hybridized carbons (Fsp3) is 0.294. The average Bonchev–Trinajstić information content (AvgIpc) is 2.91. The number of hydrogen-bond acceptors (Lipinski definition) is 5. The molecular formula is C17H21ClN2O3S. The minimum absolute atomic E-state index is 0. The van der Waals surface area contributed by atoms with E-state index in [1.807, 2.05) is 35.9 Å². The largest absolute Gasteiger partial charge is 1.00 e. The summed E-state index contributed by atoms with van der Waals surface area (Å²) in [5.74, 6) is 2.01. The Bertz CT molecular complexity index is 729. The first-order valence-electron chi connectivity index (χ1n) is 7.09. The van der Waals surface area contributed by atoms with Crippen molar-refractivity contribution in [2.24, 2.45) is 0 Å². The van der Waals surface area contributed by atoms with Crippen LogP contribution in [-0.4, -0.2) is 26.4 Å². The predicted octanol–water partition coefficient (Wildman–Crippen LogP) is 0.125. The number of aromatic nitrogens is 2. The van der Waals surface area contributed by atoms with Gasteiger partial charge in [-0.3, -0.25) is 0 Å². The van der Waals surface area contributed by atoms with Gasteiger partial charge in [-0.1, -0.05) is 11.3 Å². The van der Waals surface area contributed by atoms with Gasteiger partial charge in [-0.05, 0) is 36.5 Å². The Morgan fingerprint density at radius 2 is 1.92 bits per heavy atom. The summed E-state index contributed by atoms with van der Waals surface area (Å²) in [5, 5.41) is 6.49. The number of ether oxygens (including phenoxy) is 3. The molecule has 0 N–H and O–H groups in total. The summed E-state index contributed by atoms with van der Waals surface area (Å²) < 4.78 is 18.1. The molecule has 0 aliphatic carbocycles. The molecule has 130 valence electrons.